The third kappa shape index (κ3) is 3.49. The van der Waals surface area contributed by atoms with Gasteiger partial charge in [-0.2, -0.15) is 0 Å². The van der Waals surface area contributed by atoms with Crippen LogP contribution in [0.2, 0.25) is 0 Å². The van der Waals surface area contributed by atoms with E-state index in [1.54, 1.807) is 42.5 Å². The summed E-state index contributed by atoms with van der Waals surface area (Å²) in [6.07, 6.45) is -0.458. The number of carboxylic acid groups (broad SMARTS) is 1. The van der Waals surface area contributed by atoms with Gasteiger partial charge in [-0.1, -0.05) is 48.0 Å². The quantitative estimate of drug-likeness (QED) is 0.921. The van der Waals surface area contributed by atoms with Crippen molar-refractivity contribution >= 4 is 15.8 Å². The lowest BCUT2D eigenvalue weighted by Gasteiger charge is -2.16. The van der Waals surface area contributed by atoms with E-state index in [1.807, 2.05) is 6.92 Å². The maximum atomic E-state index is 12.7. The second-order valence-electron chi connectivity index (χ2n) is 4.86. The van der Waals surface area contributed by atoms with Crippen molar-refractivity contribution in [2.75, 3.05) is 0 Å². The summed E-state index contributed by atoms with van der Waals surface area (Å²) in [5, 5.41) is 7.95. The predicted octanol–water partition coefficient (Wildman–Crippen LogP) is 2.98. The van der Waals surface area contributed by atoms with Crippen LogP contribution < -0.4 is 0 Å². The molecule has 0 fully saturated rings. The molecule has 2 rings (SSSR count). The summed E-state index contributed by atoms with van der Waals surface area (Å²) in [4.78, 5) is 11.2. The first-order valence-electron chi connectivity index (χ1n) is 6.48. The highest BCUT2D eigenvalue weighted by molar-refractivity contribution is 7.91. The Balaban J connectivity index is 2.49. The van der Waals surface area contributed by atoms with Gasteiger partial charge in [0, 0.05) is 0 Å². The molecule has 5 heteroatoms. The van der Waals surface area contributed by atoms with E-state index >= 15 is 0 Å². The highest BCUT2D eigenvalue weighted by Gasteiger charge is 2.31. The lowest BCUT2D eigenvalue weighted by Crippen LogP contribution is -2.17. The minimum atomic E-state index is -3.75. The number of sulfone groups is 1. The van der Waals surface area contributed by atoms with Crippen molar-refractivity contribution in [1.82, 2.24) is 0 Å². The van der Waals surface area contributed by atoms with Gasteiger partial charge in [0.05, 0.1) is 11.3 Å². The van der Waals surface area contributed by atoms with Crippen LogP contribution in [0, 0.1) is 6.92 Å². The van der Waals surface area contributed by atoms with Gasteiger partial charge in [0.1, 0.15) is 5.25 Å². The zero-order valence-corrected chi connectivity index (χ0v) is 12.4. The molecule has 0 radical (unpaired) electrons. The summed E-state index contributed by atoms with van der Waals surface area (Å²) in [5.74, 6) is -1.14. The van der Waals surface area contributed by atoms with Crippen molar-refractivity contribution in [3.05, 3.63) is 65.7 Å². The molecule has 0 aliphatic rings. The smallest absolute Gasteiger partial charge is 0.305 e. The number of rotatable bonds is 5. The van der Waals surface area contributed by atoms with Gasteiger partial charge in [-0.05, 0) is 24.6 Å². The standard InChI is InChI=1S/C16H16O4S/c1-12-7-9-14(10-8-12)21(19,20)15(11-16(17)18)13-5-3-2-4-6-13/h2-10,15H,11H2,1H3,(H,17,18)/t15-/m1/s1. The molecule has 1 N–H and O–H groups in total. The van der Waals surface area contributed by atoms with Crippen LogP contribution in [-0.4, -0.2) is 19.5 Å². The van der Waals surface area contributed by atoms with Crippen molar-refractivity contribution in [2.24, 2.45) is 0 Å². The summed E-state index contributed by atoms with van der Waals surface area (Å²) in [7, 11) is -3.75. The summed E-state index contributed by atoms with van der Waals surface area (Å²) < 4.78 is 25.4. The Kier molecular flexibility index (Phi) is 4.43. The van der Waals surface area contributed by atoms with Crippen LogP contribution >= 0.6 is 0 Å². The molecule has 0 amide bonds. The van der Waals surface area contributed by atoms with Crippen LogP contribution in [0.4, 0.5) is 0 Å². The van der Waals surface area contributed by atoms with Crippen molar-refractivity contribution in [2.45, 2.75) is 23.5 Å². The zero-order chi connectivity index (χ0) is 15.5. The molecule has 0 heterocycles. The lowest BCUT2D eigenvalue weighted by atomic mass is 10.1. The highest BCUT2D eigenvalue weighted by Crippen LogP contribution is 2.31. The molecular weight excluding hydrogens is 288 g/mol. The first-order valence-corrected chi connectivity index (χ1v) is 8.03. The van der Waals surface area contributed by atoms with Crippen LogP contribution in [0.25, 0.3) is 0 Å². The average Bonchev–Trinajstić information content (AvgIpc) is 2.46. The molecule has 4 nitrogen and oxygen atoms in total. The molecule has 0 saturated heterocycles. The van der Waals surface area contributed by atoms with Crippen LogP contribution in [0.5, 0.6) is 0 Å². The summed E-state index contributed by atoms with van der Waals surface area (Å²) in [5.41, 5.74) is 1.43. The molecule has 0 spiro atoms. The van der Waals surface area contributed by atoms with E-state index in [9.17, 15) is 13.2 Å². The summed E-state index contributed by atoms with van der Waals surface area (Å²) in [6, 6.07) is 14.9. The largest absolute Gasteiger partial charge is 0.481 e. The van der Waals surface area contributed by atoms with E-state index in [-0.39, 0.29) is 4.90 Å². The van der Waals surface area contributed by atoms with Crippen LogP contribution in [0.1, 0.15) is 22.8 Å². The van der Waals surface area contributed by atoms with Gasteiger partial charge in [0.25, 0.3) is 0 Å². The molecule has 0 aromatic heterocycles. The van der Waals surface area contributed by atoms with Gasteiger partial charge >= 0.3 is 5.97 Å². The van der Waals surface area contributed by atoms with Gasteiger partial charge in [-0.25, -0.2) is 8.42 Å². The molecule has 21 heavy (non-hydrogen) atoms. The van der Waals surface area contributed by atoms with E-state index in [1.165, 1.54) is 12.1 Å². The normalized spacial score (nSPS) is 12.8. The highest BCUT2D eigenvalue weighted by atomic mass is 32.2. The first-order chi connectivity index (χ1) is 9.91. The van der Waals surface area contributed by atoms with Crippen LogP contribution in [-0.2, 0) is 14.6 Å². The van der Waals surface area contributed by atoms with Crippen molar-refractivity contribution in [3.63, 3.8) is 0 Å². The summed E-state index contributed by atoms with van der Waals surface area (Å²) in [6.45, 7) is 1.86. The molecule has 2 aromatic carbocycles. The molecule has 0 aliphatic heterocycles. The van der Waals surface area contributed by atoms with Crippen LogP contribution in [0.15, 0.2) is 59.5 Å². The maximum absolute atomic E-state index is 12.7. The molecular formula is C16H16O4S. The van der Waals surface area contributed by atoms with Crippen molar-refractivity contribution < 1.29 is 18.3 Å². The maximum Gasteiger partial charge on any atom is 0.305 e. The van der Waals surface area contributed by atoms with Crippen molar-refractivity contribution in [1.29, 1.82) is 0 Å². The number of carbonyl (C=O) groups is 1. The Morgan fingerprint density at radius 2 is 1.62 bits per heavy atom. The monoisotopic (exact) mass is 304 g/mol. The minimum Gasteiger partial charge on any atom is -0.481 e. The fraction of sp³-hybridized carbons (Fsp3) is 0.188. The molecule has 0 unspecified atom stereocenters. The number of hydrogen-bond acceptors (Lipinski definition) is 3. The fourth-order valence-electron chi connectivity index (χ4n) is 2.13. The first kappa shape index (κ1) is 15.3. The Labute approximate surface area is 124 Å². The molecule has 2 aromatic rings. The van der Waals surface area contributed by atoms with Gasteiger partial charge in [-0.3, -0.25) is 4.79 Å². The molecule has 0 saturated carbocycles. The van der Waals surface area contributed by atoms with Gasteiger partial charge in [0.15, 0.2) is 9.84 Å². The lowest BCUT2D eigenvalue weighted by molar-refractivity contribution is -0.137. The number of benzene rings is 2. The Morgan fingerprint density at radius 1 is 1.05 bits per heavy atom. The number of aliphatic carboxylic acids is 1. The van der Waals surface area contributed by atoms with E-state index < -0.39 is 27.5 Å². The van der Waals surface area contributed by atoms with Crippen LogP contribution in [0.3, 0.4) is 0 Å². The SMILES string of the molecule is Cc1ccc(S(=O)(=O)[C@H](CC(=O)O)c2ccccc2)cc1. The zero-order valence-electron chi connectivity index (χ0n) is 11.6. The molecule has 0 bridgehead atoms. The van der Waals surface area contributed by atoms with E-state index in [0.29, 0.717) is 5.56 Å². The minimum absolute atomic E-state index is 0.142. The molecule has 1 atom stereocenters. The Morgan fingerprint density at radius 3 is 2.14 bits per heavy atom. The Hall–Kier alpha value is -2.14. The topological polar surface area (TPSA) is 71.4 Å². The van der Waals surface area contributed by atoms with E-state index in [0.717, 1.165) is 5.56 Å². The fourth-order valence-corrected chi connectivity index (χ4v) is 3.85. The van der Waals surface area contributed by atoms with Gasteiger partial charge in [0.2, 0.25) is 0 Å². The predicted molar refractivity (Wildman–Crippen MR) is 79.8 cm³/mol. The third-order valence-corrected chi connectivity index (χ3v) is 5.37. The average molecular weight is 304 g/mol. The summed E-state index contributed by atoms with van der Waals surface area (Å²) >= 11 is 0. The second-order valence-corrected chi connectivity index (χ2v) is 6.99. The molecule has 0 aliphatic carbocycles. The van der Waals surface area contributed by atoms with Gasteiger partial charge in [-0.15, -0.1) is 0 Å². The Bertz CT molecular complexity index is 719. The third-order valence-electron chi connectivity index (χ3n) is 3.26. The van der Waals surface area contributed by atoms with E-state index in [4.69, 9.17) is 5.11 Å². The van der Waals surface area contributed by atoms with E-state index in [2.05, 4.69) is 0 Å². The number of hydrogen-bond donors (Lipinski definition) is 1. The second kappa shape index (κ2) is 6.10. The molecule has 110 valence electrons. The van der Waals surface area contributed by atoms with Gasteiger partial charge < -0.3 is 5.11 Å². The number of aryl methyl sites for hydroxylation is 1. The number of carboxylic acids is 1. The van der Waals surface area contributed by atoms with Crippen molar-refractivity contribution in [3.8, 4) is 0 Å².